The summed E-state index contributed by atoms with van der Waals surface area (Å²) in [4.78, 5) is 20.9. The van der Waals surface area contributed by atoms with Crippen molar-refractivity contribution in [3.63, 3.8) is 0 Å². The fourth-order valence-electron chi connectivity index (χ4n) is 4.35. The number of amidine groups is 1. The van der Waals surface area contributed by atoms with Crippen molar-refractivity contribution in [3.8, 4) is 11.3 Å². The number of hydrogen-bond donors (Lipinski definition) is 0. The lowest BCUT2D eigenvalue weighted by molar-refractivity contribution is -0.124. The summed E-state index contributed by atoms with van der Waals surface area (Å²) in [5, 5.41) is 1.65. The second-order valence-corrected chi connectivity index (χ2v) is 10.4. The number of hydrogen-bond acceptors (Lipinski definition) is 4. The van der Waals surface area contributed by atoms with Crippen LogP contribution in [0.1, 0.15) is 43.4 Å². The van der Waals surface area contributed by atoms with Crippen LogP contribution < -0.4 is 0 Å². The normalized spacial score (nSPS) is 19.5. The maximum absolute atomic E-state index is 13.5. The molecule has 3 aromatic rings. The molecule has 0 radical (unpaired) electrons. The van der Waals surface area contributed by atoms with Crippen LogP contribution in [0.15, 0.2) is 68.9 Å². The molecule has 0 bridgehead atoms. The first-order chi connectivity index (χ1) is 16.5. The Morgan fingerprint density at radius 1 is 1.03 bits per heavy atom. The predicted molar refractivity (Wildman–Crippen MR) is 142 cm³/mol. The summed E-state index contributed by atoms with van der Waals surface area (Å²) in [6.45, 7) is 2.05. The van der Waals surface area contributed by atoms with E-state index in [4.69, 9.17) is 32.6 Å². The Kier molecular flexibility index (Phi) is 6.87. The Labute approximate surface area is 213 Å². The number of aryl methyl sites for hydroxylation is 1. The van der Waals surface area contributed by atoms with Crippen molar-refractivity contribution < 1.29 is 9.21 Å². The summed E-state index contributed by atoms with van der Waals surface area (Å²) >= 11 is 13.9. The van der Waals surface area contributed by atoms with Gasteiger partial charge in [0.05, 0.1) is 20.6 Å². The van der Waals surface area contributed by atoms with E-state index in [0.29, 0.717) is 26.5 Å². The third kappa shape index (κ3) is 4.83. The summed E-state index contributed by atoms with van der Waals surface area (Å²) in [5.41, 5.74) is 2.74. The number of carbonyl (C=O) groups is 1. The third-order valence-corrected chi connectivity index (χ3v) is 7.95. The Morgan fingerprint density at radius 3 is 2.56 bits per heavy atom. The van der Waals surface area contributed by atoms with Gasteiger partial charge in [0.2, 0.25) is 0 Å². The highest BCUT2D eigenvalue weighted by atomic mass is 35.5. The second kappa shape index (κ2) is 10.0. The molecule has 4 nitrogen and oxygen atoms in total. The summed E-state index contributed by atoms with van der Waals surface area (Å²) in [7, 11) is 0. The van der Waals surface area contributed by atoms with Gasteiger partial charge in [-0.1, -0.05) is 66.2 Å². The van der Waals surface area contributed by atoms with Crippen LogP contribution in [-0.2, 0) is 4.79 Å². The van der Waals surface area contributed by atoms with Crippen molar-refractivity contribution in [3.05, 3.63) is 80.9 Å². The molecule has 1 amide bonds. The lowest BCUT2D eigenvalue weighted by Crippen LogP contribution is -2.40. The molecule has 174 valence electrons. The number of thioether (sulfide) groups is 1. The van der Waals surface area contributed by atoms with Crippen LogP contribution in [0, 0.1) is 6.92 Å². The van der Waals surface area contributed by atoms with E-state index >= 15 is 0 Å². The van der Waals surface area contributed by atoms with Crippen molar-refractivity contribution in [2.75, 3.05) is 0 Å². The van der Waals surface area contributed by atoms with Crippen LogP contribution in [0.25, 0.3) is 17.4 Å². The van der Waals surface area contributed by atoms with E-state index in [1.165, 1.54) is 23.7 Å². The van der Waals surface area contributed by atoms with E-state index in [1.807, 2.05) is 60.4 Å². The summed E-state index contributed by atoms with van der Waals surface area (Å²) in [6, 6.07) is 17.3. The first-order valence-corrected chi connectivity index (χ1v) is 13.0. The molecule has 0 spiro atoms. The van der Waals surface area contributed by atoms with Gasteiger partial charge in [-0.3, -0.25) is 9.69 Å². The van der Waals surface area contributed by atoms with E-state index in [0.717, 1.165) is 42.1 Å². The molecule has 0 atom stereocenters. The van der Waals surface area contributed by atoms with Crippen molar-refractivity contribution in [1.29, 1.82) is 0 Å². The highest BCUT2D eigenvalue weighted by molar-refractivity contribution is 8.18. The zero-order valence-corrected chi connectivity index (χ0v) is 21.1. The molecule has 2 aliphatic rings. The van der Waals surface area contributed by atoms with Gasteiger partial charge in [-0.2, -0.15) is 0 Å². The van der Waals surface area contributed by atoms with E-state index in [1.54, 1.807) is 12.1 Å². The minimum absolute atomic E-state index is 0.0125. The standard InChI is InChI=1S/C27H24Cl2N2O2S/c1-17-10-12-18(13-11-17)30-27-31(19-6-3-2-4-7-19)26(32)24(34-27)16-20-14-15-23(33-20)21-8-5-9-22(28)25(21)29/h5,8-16,19H,2-4,6-7H2,1H3/b24-16+,30-27?. The molecule has 0 unspecified atom stereocenters. The van der Waals surface area contributed by atoms with Gasteiger partial charge in [-0.05, 0) is 67.9 Å². The number of nitrogens with zero attached hydrogens (tertiary/aromatic N) is 2. The van der Waals surface area contributed by atoms with Crippen LogP contribution in [0.4, 0.5) is 5.69 Å². The smallest absolute Gasteiger partial charge is 0.267 e. The summed E-state index contributed by atoms with van der Waals surface area (Å²) in [6.07, 6.45) is 7.30. The predicted octanol–water partition coefficient (Wildman–Crippen LogP) is 8.50. The zero-order chi connectivity index (χ0) is 23.7. The lowest BCUT2D eigenvalue weighted by atomic mass is 9.94. The molecule has 2 fully saturated rings. The van der Waals surface area contributed by atoms with Gasteiger partial charge in [-0.25, -0.2) is 4.99 Å². The molecule has 1 saturated heterocycles. The number of amides is 1. The molecule has 1 aliphatic heterocycles. The highest BCUT2D eigenvalue weighted by Gasteiger charge is 2.38. The minimum atomic E-state index is -0.0125. The Balaban J connectivity index is 1.47. The number of aliphatic imine (C=N–C) groups is 1. The number of furan rings is 1. The SMILES string of the molecule is Cc1ccc(N=C2S/C(=C/c3ccc(-c4cccc(Cl)c4Cl)o3)C(=O)N2C2CCCCC2)cc1. The van der Waals surface area contributed by atoms with Crippen LogP contribution >= 0.6 is 35.0 Å². The van der Waals surface area contributed by atoms with E-state index in [2.05, 4.69) is 0 Å². The Hall–Kier alpha value is -2.47. The third-order valence-electron chi connectivity index (χ3n) is 6.15. The molecule has 2 heterocycles. The maximum atomic E-state index is 13.5. The lowest BCUT2D eigenvalue weighted by Gasteiger charge is -2.30. The molecule has 5 rings (SSSR count). The number of carbonyl (C=O) groups excluding carboxylic acids is 1. The van der Waals surface area contributed by atoms with Crippen molar-refractivity contribution in [2.24, 2.45) is 4.99 Å². The monoisotopic (exact) mass is 510 g/mol. The van der Waals surface area contributed by atoms with Gasteiger partial charge in [0, 0.05) is 17.7 Å². The topological polar surface area (TPSA) is 45.8 Å². The average Bonchev–Trinajstić information content (AvgIpc) is 3.42. The molecule has 1 saturated carbocycles. The minimum Gasteiger partial charge on any atom is -0.457 e. The molecule has 1 aromatic heterocycles. The van der Waals surface area contributed by atoms with Crippen molar-refractivity contribution >= 4 is 57.8 Å². The van der Waals surface area contributed by atoms with E-state index in [-0.39, 0.29) is 11.9 Å². The highest BCUT2D eigenvalue weighted by Crippen LogP contribution is 2.40. The van der Waals surface area contributed by atoms with Crippen LogP contribution in [0.2, 0.25) is 10.0 Å². The fourth-order valence-corrected chi connectivity index (χ4v) is 5.79. The molecule has 7 heteroatoms. The summed E-state index contributed by atoms with van der Waals surface area (Å²) in [5.74, 6) is 1.18. The first kappa shape index (κ1) is 23.3. The van der Waals surface area contributed by atoms with Crippen LogP contribution in [0.5, 0.6) is 0 Å². The van der Waals surface area contributed by atoms with E-state index in [9.17, 15) is 4.79 Å². The molecular weight excluding hydrogens is 487 g/mol. The van der Waals surface area contributed by atoms with Gasteiger partial charge in [-0.15, -0.1) is 0 Å². The van der Waals surface area contributed by atoms with Crippen LogP contribution in [0.3, 0.4) is 0 Å². The molecule has 2 aromatic carbocycles. The van der Waals surface area contributed by atoms with Crippen molar-refractivity contribution in [2.45, 2.75) is 45.1 Å². The van der Waals surface area contributed by atoms with Gasteiger partial charge in [0.25, 0.3) is 5.91 Å². The second-order valence-electron chi connectivity index (χ2n) is 8.61. The maximum Gasteiger partial charge on any atom is 0.267 e. The largest absolute Gasteiger partial charge is 0.457 e. The van der Waals surface area contributed by atoms with Gasteiger partial charge in [0.15, 0.2) is 5.17 Å². The van der Waals surface area contributed by atoms with Gasteiger partial charge in [0.1, 0.15) is 11.5 Å². The first-order valence-electron chi connectivity index (χ1n) is 11.4. The number of benzene rings is 2. The summed E-state index contributed by atoms with van der Waals surface area (Å²) < 4.78 is 6.02. The van der Waals surface area contributed by atoms with Gasteiger partial charge >= 0.3 is 0 Å². The molecular formula is C27H24Cl2N2O2S. The Morgan fingerprint density at radius 2 is 1.79 bits per heavy atom. The zero-order valence-electron chi connectivity index (χ0n) is 18.8. The number of rotatable bonds is 4. The van der Waals surface area contributed by atoms with E-state index < -0.39 is 0 Å². The molecule has 1 aliphatic carbocycles. The number of halogens is 2. The molecule has 34 heavy (non-hydrogen) atoms. The average molecular weight is 511 g/mol. The van der Waals surface area contributed by atoms with Crippen LogP contribution in [-0.4, -0.2) is 22.0 Å². The Bertz CT molecular complexity index is 1270. The van der Waals surface area contributed by atoms with Gasteiger partial charge < -0.3 is 4.42 Å². The quantitative estimate of drug-likeness (QED) is 0.330. The fraction of sp³-hybridized carbons (Fsp3) is 0.259. The molecule has 0 N–H and O–H groups in total. The van der Waals surface area contributed by atoms with Crippen molar-refractivity contribution in [1.82, 2.24) is 4.90 Å².